The number of nitrogens with one attached hydrogen (secondary N) is 2. The molecule has 0 radical (unpaired) electrons. The standard InChI is InChI=1S/C18H32N4O2.HI/c1-4-6-9-20-18(19-5-2)21-14-16(17-8-7-15(3)24-17)22-10-12-23-13-11-22;/h7-8,16H,4-6,9-14H2,1-3H3,(H2,19,20,21);1H. The van der Waals surface area contributed by atoms with Gasteiger partial charge in [-0.3, -0.25) is 9.89 Å². The number of hydrogen-bond donors (Lipinski definition) is 2. The summed E-state index contributed by atoms with van der Waals surface area (Å²) < 4.78 is 11.4. The van der Waals surface area contributed by atoms with Crippen LogP contribution in [0.3, 0.4) is 0 Å². The molecular formula is C18H33IN4O2. The number of unbranched alkanes of at least 4 members (excludes halogenated alkanes) is 1. The highest BCUT2D eigenvalue weighted by Gasteiger charge is 2.25. The predicted octanol–water partition coefficient (Wildman–Crippen LogP) is 2.93. The second-order valence-corrected chi connectivity index (χ2v) is 6.11. The number of ether oxygens (including phenoxy) is 1. The Morgan fingerprint density at radius 1 is 1.24 bits per heavy atom. The van der Waals surface area contributed by atoms with E-state index in [1.54, 1.807) is 0 Å². The third-order valence-corrected chi connectivity index (χ3v) is 4.17. The van der Waals surface area contributed by atoms with Crippen molar-refractivity contribution in [3.63, 3.8) is 0 Å². The number of morpholine rings is 1. The first-order valence-electron chi connectivity index (χ1n) is 9.15. The zero-order chi connectivity index (χ0) is 17.2. The van der Waals surface area contributed by atoms with Crippen LogP contribution in [0.5, 0.6) is 0 Å². The minimum Gasteiger partial charge on any atom is -0.465 e. The fourth-order valence-electron chi connectivity index (χ4n) is 2.81. The van der Waals surface area contributed by atoms with E-state index in [-0.39, 0.29) is 30.0 Å². The van der Waals surface area contributed by atoms with Crippen molar-refractivity contribution in [1.82, 2.24) is 15.5 Å². The fourth-order valence-corrected chi connectivity index (χ4v) is 2.81. The van der Waals surface area contributed by atoms with Gasteiger partial charge in [-0.1, -0.05) is 13.3 Å². The molecular weight excluding hydrogens is 431 g/mol. The average Bonchev–Trinajstić information content (AvgIpc) is 3.02. The van der Waals surface area contributed by atoms with E-state index >= 15 is 0 Å². The van der Waals surface area contributed by atoms with Crippen molar-refractivity contribution in [2.45, 2.75) is 39.7 Å². The van der Waals surface area contributed by atoms with Gasteiger partial charge in [0.25, 0.3) is 0 Å². The van der Waals surface area contributed by atoms with E-state index in [9.17, 15) is 0 Å². The van der Waals surface area contributed by atoms with Crippen LogP contribution in [0.2, 0.25) is 0 Å². The maximum Gasteiger partial charge on any atom is 0.191 e. The molecule has 0 saturated carbocycles. The molecule has 1 aliphatic heterocycles. The molecule has 2 heterocycles. The van der Waals surface area contributed by atoms with Gasteiger partial charge in [-0.2, -0.15) is 0 Å². The molecule has 1 aliphatic rings. The first-order valence-corrected chi connectivity index (χ1v) is 9.15. The summed E-state index contributed by atoms with van der Waals surface area (Å²) in [7, 11) is 0. The summed E-state index contributed by atoms with van der Waals surface area (Å²) >= 11 is 0. The van der Waals surface area contributed by atoms with Crippen LogP contribution >= 0.6 is 24.0 Å². The van der Waals surface area contributed by atoms with Crippen molar-refractivity contribution in [3.05, 3.63) is 23.7 Å². The van der Waals surface area contributed by atoms with Gasteiger partial charge in [-0.15, -0.1) is 24.0 Å². The van der Waals surface area contributed by atoms with Gasteiger partial charge < -0.3 is 19.8 Å². The quantitative estimate of drug-likeness (QED) is 0.268. The molecule has 0 aromatic carbocycles. The molecule has 7 heteroatoms. The maximum absolute atomic E-state index is 5.90. The van der Waals surface area contributed by atoms with E-state index in [2.05, 4.69) is 35.4 Å². The molecule has 0 bridgehead atoms. The molecule has 1 unspecified atom stereocenters. The van der Waals surface area contributed by atoms with Crippen molar-refractivity contribution in [3.8, 4) is 0 Å². The van der Waals surface area contributed by atoms with Gasteiger partial charge in [0.1, 0.15) is 11.5 Å². The second kappa shape index (κ2) is 12.5. The highest BCUT2D eigenvalue weighted by atomic mass is 127. The Morgan fingerprint density at radius 2 is 2.00 bits per heavy atom. The Balaban J connectivity index is 0.00000312. The van der Waals surface area contributed by atoms with Crippen molar-refractivity contribution >= 4 is 29.9 Å². The van der Waals surface area contributed by atoms with Gasteiger partial charge in [0.05, 0.1) is 25.8 Å². The van der Waals surface area contributed by atoms with Crippen LogP contribution in [0.4, 0.5) is 0 Å². The number of aryl methyl sites for hydroxylation is 1. The zero-order valence-electron chi connectivity index (χ0n) is 15.7. The Kier molecular flexibility index (Phi) is 11.2. The number of guanidine groups is 1. The molecule has 1 aromatic heterocycles. The highest BCUT2D eigenvalue weighted by molar-refractivity contribution is 14.0. The summed E-state index contributed by atoms with van der Waals surface area (Å²) in [5.74, 6) is 2.82. The first kappa shape index (κ1) is 22.2. The molecule has 6 nitrogen and oxygen atoms in total. The van der Waals surface area contributed by atoms with Gasteiger partial charge in [-0.05, 0) is 32.4 Å². The average molecular weight is 464 g/mol. The van der Waals surface area contributed by atoms with Gasteiger partial charge in [0, 0.05) is 26.2 Å². The fraction of sp³-hybridized carbons (Fsp3) is 0.722. The largest absolute Gasteiger partial charge is 0.465 e. The molecule has 144 valence electrons. The lowest BCUT2D eigenvalue weighted by atomic mass is 10.1. The molecule has 1 saturated heterocycles. The molecule has 1 aromatic rings. The number of halogens is 1. The molecule has 0 spiro atoms. The van der Waals surface area contributed by atoms with Crippen LogP contribution in [0.25, 0.3) is 0 Å². The number of aliphatic imine (C=N–C) groups is 1. The lowest BCUT2D eigenvalue weighted by Crippen LogP contribution is -2.41. The van der Waals surface area contributed by atoms with Crippen LogP contribution in [-0.4, -0.2) is 56.8 Å². The van der Waals surface area contributed by atoms with Gasteiger partial charge in [0.2, 0.25) is 0 Å². The number of furan rings is 1. The van der Waals surface area contributed by atoms with Crippen LogP contribution < -0.4 is 10.6 Å². The molecule has 2 N–H and O–H groups in total. The highest BCUT2D eigenvalue weighted by Crippen LogP contribution is 2.24. The third-order valence-electron chi connectivity index (χ3n) is 4.17. The number of rotatable bonds is 8. The molecule has 25 heavy (non-hydrogen) atoms. The molecule has 1 atom stereocenters. The first-order chi connectivity index (χ1) is 11.7. The van der Waals surface area contributed by atoms with Gasteiger partial charge in [-0.25, -0.2) is 0 Å². The Labute approximate surface area is 168 Å². The monoisotopic (exact) mass is 464 g/mol. The second-order valence-electron chi connectivity index (χ2n) is 6.11. The summed E-state index contributed by atoms with van der Waals surface area (Å²) in [5.41, 5.74) is 0. The van der Waals surface area contributed by atoms with Crippen LogP contribution in [0, 0.1) is 6.92 Å². The summed E-state index contributed by atoms with van der Waals surface area (Å²) in [6.45, 7) is 12.1. The summed E-state index contributed by atoms with van der Waals surface area (Å²) in [6.07, 6.45) is 2.32. The summed E-state index contributed by atoms with van der Waals surface area (Å²) in [4.78, 5) is 7.20. The van der Waals surface area contributed by atoms with Crippen LogP contribution in [-0.2, 0) is 4.74 Å². The van der Waals surface area contributed by atoms with Crippen LogP contribution in [0.1, 0.15) is 44.3 Å². The number of hydrogen-bond acceptors (Lipinski definition) is 4. The normalized spacial score (nSPS) is 17.0. The predicted molar refractivity (Wildman–Crippen MR) is 113 cm³/mol. The van der Waals surface area contributed by atoms with E-state index in [0.29, 0.717) is 6.54 Å². The van der Waals surface area contributed by atoms with Crippen molar-refractivity contribution in [1.29, 1.82) is 0 Å². The summed E-state index contributed by atoms with van der Waals surface area (Å²) in [5, 5.41) is 6.72. The van der Waals surface area contributed by atoms with E-state index in [4.69, 9.17) is 14.1 Å². The van der Waals surface area contributed by atoms with Crippen molar-refractivity contribution in [2.75, 3.05) is 45.9 Å². The minimum atomic E-state index is 0. The lowest BCUT2D eigenvalue weighted by Gasteiger charge is -2.32. The van der Waals surface area contributed by atoms with Gasteiger partial charge in [0.15, 0.2) is 5.96 Å². The van der Waals surface area contributed by atoms with E-state index in [1.807, 2.05) is 13.0 Å². The van der Waals surface area contributed by atoms with Crippen molar-refractivity contribution < 1.29 is 9.15 Å². The smallest absolute Gasteiger partial charge is 0.191 e. The SMILES string of the molecule is CCCCNC(=NCC(c1ccc(C)o1)N1CCOCC1)NCC.I. The van der Waals surface area contributed by atoms with E-state index in [1.165, 1.54) is 6.42 Å². The summed E-state index contributed by atoms with van der Waals surface area (Å²) in [6, 6.07) is 4.25. The van der Waals surface area contributed by atoms with Crippen LogP contribution in [0.15, 0.2) is 21.5 Å². The molecule has 0 aliphatic carbocycles. The number of nitrogens with zero attached hydrogens (tertiary/aromatic N) is 2. The lowest BCUT2D eigenvalue weighted by molar-refractivity contribution is 0.0135. The third kappa shape index (κ3) is 7.53. The minimum absolute atomic E-state index is 0. The Morgan fingerprint density at radius 3 is 2.60 bits per heavy atom. The Bertz CT molecular complexity index is 501. The van der Waals surface area contributed by atoms with E-state index in [0.717, 1.165) is 63.3 Å². The molecule has 1 fully saturated rings. The zero-order valence-corrected chi connectivity index (χ0v) is 18.0. The maximum atomic E-state index is 5.90. The van der Waals surface area contributed by atoms with E-state index < -0.39 is 0 Å². The van der Waals surface area contributed by atoms with Crippen molar-refractivity contribution in [2.24, 2.45) is 4.99 Å². The molecule has 0 amide bonds. The molecule has 2 rings (SSSR count). The Hall–Kier alpha value is -0.800. The topological polar surface area (TPSA) is 62.0 Å². The van der Waals surface area contributed by atoms with Gasteiger partial charge >= 0.3 is 0 Å².